The zero-order valence-electron chi connectivity index (χ0n) is 14.3. The van der Waals surface area contributed by atoms with E-state index in [2.05, 4.69) is 5.32 Å². The highest BCUT2D eigenvalue weighted by Gasteiger charge is 2.11. The fourth-order valence-corrected chi connectivity index (χ4v) is 2.44. The topological polar surface area (TPSA) is 75.6 Å². The Hall–Kier alpha value is -2.82. The zero-order chi connectivity index (χ0) is 18.1. The van der Waals surface area contributed by atoms with Gasteiger partial charge in [-0.2, -0.15) is 0 Å². The van der Waals surface area contributed by atoms with Gasteiger partial charge in [-0.05, 0) is 42.2 Å². The van der Waals surface area contributed by atoms with Crippen LogP contribution in [0.3, 0.4) is 0 Å². The highest BCUT2D eigenvalue weighted by molar-refractivity contribution is 5.91. The fraction of sp³-hybridized carbons (Fsp3) is 0.300. The first-order valence-corrected chi connectivity index (χ1v) is 8.34. The van der Waals surface area contributed by atoms with Crippen LogP contribution < -0.4 is 10.1 Å². The largest absolute Gasteiger partial charge is 0.494 e. The van der Waals surface area contributed by atoms with Gasteiger partial charge in [0, 0.05) is 18.5 Å². The average Bonchev–Trinajstić information content (AvgIpc) is 2.60. The second-order valence-electron chi connectivity index (χ2n) is 5.93. The van der Waals surface area contributed by atoms with E-state index in [4.69, 9.17) is 9.84 Å². The highest BCUT2D eigenvalue weighted by Crippen LogP contribution is 2.20. The minimum absolute atomic E-state index is 0.0357. The summed E-state index contributed by atoms with van der Waals surface area (Å²) in [6, 6.07) is 17.0. The molecule has 0 heterocycles. The molecular weight excluding hydrogens is 318 g/mol. The van der Waals surface area contributed by atoms with Crippen molar-refractivity contribution in [3.05, 3.63) is 60.2 Å². The number of carbonyl (C=O) groups is 2. The lowest BCUT2D eigenvalue weighted by Crippen LogP contribution is -2.14. The summed E-state index contributed by atoms with van der Waals surface area (Å²) in [5.41, 5.74) is 1.85. The van der Waals surface area contributed by atoms with Gasteiger partial charge in [-0.1, -0.05) is 37.3 Å². The van der Waals surface area contributed by atoms with Gasteiger partial charge in [-0.3, -0.25) is 9.59 Å². The number of carbonyl (C=O) groups excluding carboxylic acids is 1. The van der Waals surface area contributed by atoms with Gasteiger partial charge in [0.05, 0.1) is 6.61 Å². The Kier molecular flexibility index (Phi) is 7.01. The molecule has 0 aliphatic rings. The van der Waals surface area contributed by atoms with Crippen LogP contribution in [0.25, 0.3) is 0 Å². The lowest BCUT2D eigenvalue weighted by Gasteiger charge is -2.12. The van der Waals surface area contributed by atoms with Crippen LogP contribution in [0, 0.1) is 0 Å². The fourth-order valence-electron chi connectivity index (χ4n) is 2.44. The number of hydrogen-bond acceptors (Lipinski definition) is 3. The van der Waals surface area contributed by atoms with Crippen LogP contribution in [-0.4, -0.2) is 23.6 Å². The maximum atomic E-state index is 12.2. The number of hydrogen-bond donors (Lipinski definition) is 2. The third kappa shape index (κ3) is 6.67. The van der Waals surface area contributed by atoms with E-state index < -0.39 is 5.97 Å². The van der Waals surface area contributed by atoms with Gasteiger partial charge in [-0.25, -0.2) is 0 Å². The van der Waals surface area contributed by atoms with Crippen molar-refractivity contribution in [2.24, 2.45) is 0 Å². The van der Waals surface area contributed by atoms with Gasteiger partial charge < -0.3 is 15.2 Å². The summed E-state index contributed by atoms with van der Waals surface area (Å²) in [4.78, 5) is 22.6. The number of carboxylic acids is 1. The van der Waals surface area contributed by atoms with Crippen molar-refractivity contribution < 1.29 is 19.4 Å². The van der Waals surface area contributed by atoms with E-state index in [0.29, 0.717) is 30.9 Å². The molecule has 2 aromatic rings. The van der Waals surface area contributed by atoms with Crippen LogP contribution in [-0.2, 0) is 9.59 Å². The lowest BCUT2D eigenvalue weighted by atomic mass is 9.97. The monoisotopic (exact) mass is 341 g/mol. The first-order valence-electron chi connectivity index (χ1n) is 8.34. The molecule has 1 amide bonds. The van der Waals surface area contributed by atoms with Crippen molar-refractivity contribution in [2.45, 2.75) is 32.1 Å². The number of ether oxygens (including phenoxy) is 1. The number of carboxylic acid groups (broad SMARTS) is 1. The molecule has 2 N–H and O–H groups in total. The SMILES string of the molecule is CC(CC(=O)Nc1ccc(OCCCC(=O)O)cc1)c1ccccc1. The molecule has 5 nitrogen and oxygen atoms in total. The van der Waals surface area contributed by atoms with Gasteiger partial charge in [0.2, 0.25) is 5.91 Å². The van der Waals surface area contributed by atoms with Gasteiger partial charge in [0.1, 0.15) is 5.75 Å². The Bertz CT molecular complexity index is 683. The summed E-state index contributed by atoms with van der Waals surface area (Å²) in [7, 11) is 0. The van der Waals surface area contributed by atoms with Crippen LogP contribution in [0.4, 0.5) is 5.69 Å². The molecule has 0 bridgehead atoms. The van der Waals surface area contributed by atoms with Crippen LogP contribution in [0.5, 0.6) is 5.75 Å². The van der Waals surface area contributed by atoms with Crippen LogP contribution in [0.1, 0.15) is 37.7 Å². The molecule has 0 saturated carbocycles. The number of benzene rings is 2. The number of amides is 1. The molecule has 2 rings (SSSR count). The summed E-state index contributed by atoms with van der Waals surface area (Å²) in [6.45, 7) is 2.38. The Balaban J connectivity index is 1.78. The smallest absolute Gasteiger partial charge is 0.303 e. The molecule has 0 aliphatic heterocycles. The molecule has 5 heteroatoms. The van der Waals surface area contributed by atoms with E-state index in [1.165, 1.54) is 0 Å². The molecule has 0 saturated heterocycles. The van der Waals surface area contributed by atoms with E-state index in [0.717, 1.165) is 5.56 Å². The van der Waals surface area contributed by atoms with Crippen molar-refractivity contribution in [3.8, 4) is 5.75 Å². The lowest BCUT2D eigenvalue weighted by molar-refractivity contribution is -0.137. The molecule has 0 radical (unpaired) electrons. The van der Waals surface area contributed by atoms with Crippen molar-refractivity contribution >= 4 is 17.6 Å². The second kappa shape index (κ2) is 9.47. The summed E-state index contributed by atoms with van der Waals surface area (Å²) < 4.78 is 5.46. The number of anilines is 1. The molecule has 1 atom stereocenters. The van der Waals surface area contributed by atoms with Crippen molar-refractivity contribution in [2.75, 3.05) is 11.9 Å². The van der Waals surface area contributed by atoms with Crippen LogP contribution >= 0.6 is 0 Å². The van der Waals surface area contributed by atoms with Crippen LogP contribution in [0.15, 0.2) is 54.6 Å². The van der Waals surface area contributed by atoms with E-state index in [9.17, 15) is 9.59 Å². The molecular formula is C20H23NO4. The summed E-state index contributed by atoms with van der Waals surface area (Å²) in [5, 5.41) is 11.5. The molecule has 0 spiro atoms. The average molecular weight is 341 g/mol. The molecule has 25 heavy (non-hydrogen) atoms. The highest BCUT2D eigenvalue weighted by atomic mass is 16.5. The second-order valence-corrected chi connectivity index (χ2v) is 5.93. The van der Waals surface area contributed by atoms with E-state index >= 15 is 0 Å². The Morgan fingerprint density at radius 3 is 2.40 bits per heavy atom. The van der Waals surface area contributed by atoms with Gasteiger partial charge >= 0.3 is 5.97 Å². The van der Waals surface area contributed by atoms with E-state index in [1.807, 2.05) is 37.3 Å². The Morgan fingerprint density at radius 2 is 1.76 bits per heavy atom. The molecule has 2 aromatic carbocycles. The van der Waals surface area contributed by atoms with E-state index in [1.54, 1.807) is 24.3 Å². The predicted octanol–water partition coefficient (Wildman–Crippen LogP) is 4.06. The van der Waals surface area contributed by atoms with E-state index in [-0.39, 0.29) is 18.2 Å². The predicted molar refractivity (Wildman–Crippen MR) is 96.9 cm³/mol. The Labute approximate surface area is 147 Å². The number of nitrogens with one attached hydrogen (secondary N) is 1. The van der Waals surface area contributed by atoms with Crippen molar-refractivity contribution in [3.63, 3.8) is 0 Å². The maximum absolute atomic E-state index is 12.2. The molecule has 0 aromatic heterocycles. The quantitative estimate of drug-likeness (QED) is 0.674. The van der Waals surface area contributed by atoms with Gasteiger partial charge in [-0.15, -0.1) is 0 Å². The van der Waals surface area contributed by atoms with Crippen molar-refractivity contribution in [1.82, 2.24) is 0 Å². The number of rotatable bonds is 9. The first kappa shape index (κ1) is 18.5. The third-order valence-electron chi connectivity index (χ3n) is 3.80. The Morgan fingerprint density at radius 1 is 1.08 bits per heavy atom. The van der Waals surface area contributed by atoms with Gasteiger partial charge in [0.25, 0.3) is 0 Å². The molecule has 132 valence electrons. The van der Waals surface area contributed by atoms with Crippen molar-refractivity contribution in [1.29, 1.82) is 0 Å². The minimum Gasteiger partial charge on any atom is -0.494 e. The summed E-state index contributed by atoms with van der Waals surface area (Å²) >= 11 is 0. The standard InChI is InChI=1S/C20H23NO4/c1-15(16-6-3-2-4-7-16)14-19(22)21-17-9-11-18(12-10-17)25-13-5-8-20(23)24/h2-4,6-7,9-12,15H,5,8,13-14H2,1H3,(H,21,22)(H,23,24). The molecule has 0 aliphatic carbocycles. The third-order valence-corrected chi connectivity index (χ3v) is 3.80. The first-order chi connectivity index (χ1) is 12.0. The maximum Gasteiger partial charge on any atom is 0.303 e. The van der Waals surface area contributed by atoms with Crippen LogP contribution in [0.2, 0.25) is 0 Å². The zero-order valence-corrected chi connectivity index (χ0v) is 14.3. The summed E-state index contributed by atoms with van der Waals surface area (Å²) in [6.07, 6.45) is 0.969. The summed E-state index contributed by atoms with van der Waals surface area (Å²) in [5.74, 6) is -0.0584. The molecule has 0 fully saturated rings. The minimum atomic E-state index is -0.827. The normalized spacial score (nSPS) is 11.6. The van der Waals surface area contributed by atoms with Gasteiger partial charge in [0.15, 0.2) is 0 Å². The molecule has 1 unspecified atom stereocenters. The number of aliphatic carboxylic acids is 1.